The van der Waals surface area contributed by atoms with Gasteiger partial charge in [0.1, 0.15) is 17.6 Å². The second kappa shape index (κ2) is 9.27. The monoisotopic (exact) mass is 431 g/mol. The molecule has 0 fully saturated rings. The average molecular weight is 432 g/mol. The molecule has 2 aromatic carbocycles. The lowest BCUT2D eigenvalue weighted by Gasteiger charge is -2.53. The van der Waals surface area contributed by atoms with Crippen LogP contribution in [0.5, 0.6) is 11.5 Å². The largest absolute Gasteiger partial charge is 0.497 e. The Morgan fingerprint density at radius 2 is 1.94 bits per heavy atom. The van der Waals surface area contributed by atoms with Gasteiger partial charge in [0.25, 0.3) is 0 Å². The van der Waals surface area contributed by atoms with Gasteiger partial charge in [-0.25, -0.2) is 0 Å². The summed E-state index contributed by atoms with van der Waals surface area (Å²) in [6, 6.07) is 13.2. The van der Waals surface area contributed by atoms with Gasteiger partial charge in [-0.3, -0.25) is 0 Å². The van der Waals surface area contributed by atoms with Crippen LogP contribution in [0.1, 0.15) is 44.8 Å². The predicted molar refractivity (Wildman–Crippen MR) is 119 cm³/mol. The Morgan fingerprint density at radius 1 is 1.26 bits per heavy atom. The molecule has 0 aliphatic carbocycles. The van der Waals surface area contributed by atoms with Crippen molar-refractivity contribution >= 4 is 5.69 Å². The van der Waals surface area contributed by atoms with Gasteiger partial charge < -0.3 is 19.5 Å². The zero-order valence-electron chi connectivity index (χ0n) is 18.4. The van der Waals surface area contributed by atoms with Crippen LogP contribution in [0.2, 0.25) is 0 Å². The van der Waals surface area contributed by atoms with E-state index in [0.29, 0.717) is 24.5 Å². The van der Waals surface area contributed by atoms with Crippen LogP contribution >= 0.6 is 0 Å². The molecule has 0 bridgehead atoms. The van der Waals surface area contributed by atoms with Gasteiger partial charge in [-0.1, -0.05) is 50.1 Å². The lowest BCUT2D eigenvalue weighted by molar-refractivity contribution is -0.192. The lowest BCUT2D eigenvalue weighted by atomic mass is 9.79. The van der Waals surface area contributed by atoms with Crippen LogP contribution in [0.3, 0.4) is 0 Å². The summed E-state index contributed by atoms with van der Waals surface area (Å²) < 4.78 is 42.9. The van der Waals surface area contributed by atoms with Crippen molar-refractivity contribution in [3.8, 4) is 11.5 Å². The van der Waals surface area contributed by atoms with E-state index < -0.39 is 23.7 Å². The zero-order valence-corrected chi connectivity index (χ0v) is 18.4. The summed E-state index contributed by atoms with van der Waals surface area (Å²) in [7, 11) is 1.50. The smallest absolute Gasteiger partial charge is 0.315 e. The number of hydrogen-bond donors (Lipinski definition) is 1. The lowest BCUT2D eigenvalue weighted by Crippen LogP contribution is -2.66. The van der Waals surface area contributed by atoms with E-state index in [0.717, 1.165) is 18.5 Å². The Kier molecular flexibility index (Phi) is 6.90. The zero-order chi connectivity index (χ0) is 22.6. The summed E-state index contributed by atoms with van der Waals surface area (Å²) >= 11 is 0. The second-order valence-electron chi connectivity index (χ2n) is 8.18. The number of hydrogen-bond acceptors (Lipinski definition) is 4. The molecule has 2 aromatic rings. The summed E-state index contributed by atoms with van der Waals surface area (Å²) in [4.78, 5) is 1.94. The number of anilines is 1. The Bertz CT molecular complexity index is 887. The second-order valence-corrected chi connectivity index (χ2v) is 8.18. The summed E-state index contributed by atoms with van der Waals surface area (Å²) in [5.41, 5.74) is -0.177. The normalized spacial score (nSPS) is 21.7. The maximum atomic E-state index is 15.9. The summed E-state index contributed by atoms with van der Waals surface area (Å²) in [6.07, 6.45) is 0.223. The Labute approximate surface area is 183 Å². The van der Waals surface area contributed by atoms with Gasteiger partial charge in [0.05, 0.1) is 18.3 Å². The molecule has 3 rings (SSSR count). The highest BCUT2D eigenvalue weighted by Crippen LogP contribution is 2.50. The number of methoxy groups -OCH3 is 1. The maximum Gasteiger partial charge on any atom is 0.315 e. The molecule has 4 nitrogen and oxygen atoms in total. The minimum Gasteiger partial charge on any atom is -0.497 e. The number of halogens is 2. The van der Waals surface area contributed by atoms with Crippen LogP contribution in [0.4, 0.5) is 14.5 Å². The van der Waals surface area contributed by atoms with Gasteiger partial charge in [0.2, 0.25) is 0 Å². The van der Waals surface area contributed by atoms with Crippen LogP contribution in [0.25, 0.3) is 0 Å². The number of fused-ring (bicyclic) bond motifs is 1. The highest BCUT2D eigenvalue weighted by Gasteiger charge is 2.60. The fourth-order valence-corrected chi connectivity index (χ4v) is 4.33. The summed E-state index contributed by atoms with van der Waals surface area (Å²) in [5.74, 6) is -2.64. The van der Waals surface area contributed by atoms with Crippen molar-refractivity contribution in [3.63, 3.8) is 0 Å². The van der Waals surface area contributed by atoms with Crippen LogP contribution in [0, 0.1) is 0 Å². The molecule has 0 radical (unpaired) electrons. The molecule has 0 amide bonds. The first kappa shape index (κ1) is 23.1. The number of alkyl halides is 2. The summed E-state index contributed by atoms with van der Waals surface area (Å²) in [5, 5.41) is 10.8. The Balaban J connectivity index is 2.07. The van der Waals surface area contributed by atoms with E-state index in [4.69, 9.17) is 9.47 Å². The first-order valence-electron chi connectivity index (χ1n) is 10.6. The highest BCUT2D eigenvalue weighted by atomic mass is 19.3. The number of benzene rings is 2. The van der Waals surface area contributed by atoms with Crippen molar-refractivity contribution in [2.24, 2.45) is 0 Å². The first-order chi connectivity index (χ1) is 14.8. The van der Waals surface area contributed by atoms with Crippen molar-refractivity contribution < 1.29 is 23.4 Å². The molecule has 0 saturated heterocycles. The third-order valence-corrected chi connectivity index (χ3v) is 6.08. The van der Waals surface area contributed by atoms with Crippen molar-refractivity contribution in [2.45, 2.75) is 56.8 Å². The third-order valence-electron chi connectivity index (χ3n) is 6.08. The molecule has 1 N–H and O–H groups in total. The minimum absolute atomic E-state index is 0.112. The van der Waals surface area contributed by atoms with Crippen molar-refractivity contribution in [3.05, 3.63) is 66.7 Å². The molecule has 6 heteroatoms. The van der Waals surface area contributed by atoms with Crippen molar-refractivity contribution in [2.75, 3.05) is 18.6 Å². The fourth-order valence-electron chi connectivity index (χ4n) is 4.33. The molecule has 31 heavy (non-hydrogen) atoms. The SMILES string of the molecule is C=CCN1c2ccccc2OC(C(F)(F)[C@H](O)c2ccc(OC)cc2)[C@]1(C)CCCC. The van der Waals surface area contributed by atoms with Gasteiger partial charge in [-0.15, -0.1) is 6.58 Å². The number of ether oxygens (including phenoxy) is 2. The van der Waals surface area contributed by atoms with E-state index in [-0.39, 0.29) is 5.56 Å². The molecule has 3 atom stereocenters. The minimum atomic E-state index is -3.55. The number of aliphatic hydroxyl groups excluding tert-OH is 1. The maximum absolute atomic E-state index is 15.9. The number of nitrogens with zero attached hydrogens (tertiary/aromatic N) is 1. The number of rotatable bonds is 9. The molecule has 168 valence electrons. The quantitative estimate of drug-likeness (QED) is 0.512. The summed E-state index contributed by atoms with van der Waals surface area (Å²) in [6.45, 7) is 8.04. The van der Waals surface area contributed by atoms with E-state index in [1.807, 2.05) is 24.0 Å². The van der Waals surface area contributed by atoms with E-state index in [9.17, 15) is 5.11 Å². The van der Waals surface area contributed by atoms with Gasteiger partial charge >= 0.3 is 5.92 Å². The highest BCUT2D eigenvalue weighted by molar-refractivity contribution is 5.63. The Hall–Kier alpha value is -2.60. The number of para-hydroxylation sites is 2. The van der Waals surface area contributed by atoms with E-state index in [1.54, 1.807) is 37.3 Å². The molecular formula is C25H31F2NO3. The topological polar surface area (TPSA) is 41.9 Å². The number of unbranched alkanes of at least 4 members (excludes halogenated alkanes) is 1. The van der Waals surface area contributed by atoms with E-state index >= 15 is 8.78 Å². The van der Waals surface area contributed by atoms with Crippen LogP contribution in [-0.4, -0.2) is 36.3 Å². The van der Waals surface area contributed by atoms with Crippen LogP contribution < -0.4 is 14.4 Å². The van der Waals surface area contributed by atoms with Crippen LogP contribution in [0.15, 0.2) is 61.2 Å². The van der Waals surface area contributed by atoms with E-state index in [2.05, 4.69) is 6.58 Å². The van der Waals surface area contributed by atoms with E-state index in [1.165, 1.54) is 19.2 Å². The van der Waals surface area contributed by atoms with Gasteiger partial charge in [-0.05, 0) is 43.2 Å². The predicted octanol–water partition coefficient (Wildman–Crippen LogP) is 5.77. The molecular weight excluding hydrogens is 400 g/mol. The van der Waals surface area contributed by atoms with Crippen molar-refractivity contribution in [1.29, 1.82) is 0 Å². The third kappa shape index (κ3) is 4.26. The van der Waals surface area contributed by atoms with Gasteiger partial charge in [-0.2, -0.15) is 8.78 Å². The molecule has 1 unspecified atom stereocenters. The first-order valence-corrected chi connectivity index (χ1v) is 10.6. The molecule has 0 spiro atoms. The van der Waals surface area contributed by atoms with Gasteiger partial charge in [0, 0.05) is 6.54 Å². The average Bonchev–Trinajstić information content (AvgIpc) is 2.79. The Morgan fingerprint density at radius 3 is 2.55 bits per heavy atom. The molecule has 1 aliphatic rings. The molecule has 0 aromatic heterocycles. The molecule has 0 saturated carbocycles. The standard InChI is InChI=1S/C25H31F2NO3/c1-5-7-16-24(3)23(31-21-11-9-8-10-20(21)28(24)17-6-2)25(26,27)22(29)18-12-14-19(30-4)15-13-18/h6,8-15,22-23,29H,2,5,7,16-17H2,1,3-4H3/t22-,23?,24+/m1/s1. The number of aliphatic hydroxyl groups is 1. The van der Waals surface area contributed by atoms with Crippen molar-refractivity contribution in [1.82, 2.24) is 0 Å². The molecule has 1 aliphatic heterocycles. The fraction of sp³-hybridized carbons (Fsp3) is 0.440. The van der Waals surface area contributed by atoms with Crippen LogP contribution in [-0.2, 0) is 0 Å². The molecule has 1 heterocycles. The van der Waals surface area contributed by atoms with Gasteiger partial charge in [0.15, 0.2) is 6.10 Å².